The second-order valence-corrected chi connectivity index (χ2v) is 6.64. The Hall–Kier alpha value is -1.44. The van der Waals surface area contributed by atoms with Gasteiger partial charge in [0.15, 0.2) is 0 Å². The number of aromatic amines is 1. The maximum atomic E-state index is 12.0. The lowest BCUT2D eigenvalue weighted by molar-refractivity contribution is 0.435. The van der Waals surface area contributed by atoms with Crippen molar-refractivity contribution in [2.75, 3.05) is 19.6 Å². The highest BCUT2D eigenvalue weighted by atomic mass is 32.2. The highest BCUT2D eigenvalue weighted by Gasteiger charge is 2.17. The third-order valence-corrected chi connectivity index (χ3v) is 5.22. The molecule has 6 nitrogen and oxygen atoms in total. The van der Waals surface area contributed by atoms with Crippen molar-refractivity contribution in [1.82, 2.24) is 19.0 Å². The van der Waals surface area contributed by atoms with Gasteiger partial charge in [-0.05, 0) is 18.6 Å². The van der Waals surface area contributed by atoms with Crippen molar-refractivity contribution in [3.05, 3.63) is 29.6 Å². The number of rotatable bonds is 7. The van der Waals surface area contributed by atoms with E-state index in [0.717, 1.165) is 22.4 Å². The van der Waals surface area contributed by atoms with E-state index in [4.69, 9.17) is 0 Å². The van der Waals surface area contributed by atoms with Gasteiger partial charge in [-0.3, -0.25) is 0 Å². The number of aromatic nitrogens is 2. The Labute approximate surface area is 125 Å². The number of hydrogen-bond acceptors (Lipinski definition) is 3. The molecule has 2 aromatic rings. The fourth-order valence-electron chi connectivity index (χ4n) is 2.30. The molecule has 1 aromatic heterocycles. The maximum absolute atomic E-state index is 12.0. The van der Waals surface area contributed by atoms with E-state index in [9.17, 15) is 8.42 Å². The number of para-hydroxylation sites is 1. The van der Waals surface area contributed by atoms with E-state index < -0.39 is 10.2 Å². The van der Waals surface area contributed by atoms with E-state index in [1.165, 1.54) is 4.31 Å². The Morgan fingerprint density at radius 3 is 2.62 bits per heavy atom. The molecule has 116 valence electrons. The first kappa shape index (κ1) is 15.9. The maximum Gasteiger partial charge on any atom is 0.279 e. The van der Waals surface area contributed by atoms with Gasteiger partial charge in [-0.15, -0.1) is 0 Å². The summed E-state index contributed by atoms with van der Waals surface area (Å²) < 4.78 is 28.0. The Balaban J connectivity index is 2.01. The quantitative estimate of drug-likeness (QED) is 0.815. The zero-order valence-corrected chi connectivity index (χ0v) is 13.5. The second kappa shape index (κ2) is 6.55. The Bertz CT molecular complexity index is 705. The molecule has 2 N–H and O–H groups in total. The number of H-pyrrole nitrogens is 1. The summed E-state index contributed by atoms with van der Waals surface area (Å²) in [4.78, 5) is 7.73. The highest BCUT2D eigenvalue weighted by molar-refractivity contribution is 7.87. The minimum Gasteiger partial charge on any atom is -0.342 e. The van der Waals surface area contributed by atoms with E-state index >= 15 is 0 Å². The standard InChI is InChI=1S/C14H22N4O2S/c1-4-18(5-2)21(19,20)15-10-9-13-16-12-8-6-7-11(3)14(12)17-13/h6-8,15H,4-5,9-10H2,1-3H3,(H,16,17). The lowest BCUT2D eigenvalue weighted by Gasteiger charge is -2.18. The van der Waals surface area contributed by atoms with E-state index in [2.05, 4.69) is 14.7 Å². The van der Waals surface area contributed by atoms with E-state index in [-0.39, 0.29) is 0 Å². The van der Waals surface area contributed by atoms with Crippen LogP contribution in [-0.2, 0) is 16.6 Å². The molecule has 0 unspecified atom stereocenters. The van der Waals surface area contributed by atoms with Crippen LogP contribution in [0.5, 0.6) is 0 Å². The lowest BCUT2D eigenvalue weighted by atomic mass is 10.2. The Kier molecular flexibility index (Phi) is 4.97. The zero-order valence-electron chi connectivity index (χ0n) is 12.7. The molecule has 1 heterocycles. The number of nitrogens with one attached hydrogen (secondary N) is 2. The number of nitrogens with zero attached hydrogens (tertiary/aromatic N) is 2. The molecule has 7 heteroatoms. The predicted molar refractivity (Wildman–Crippen MR) is 84.4 cm³/mol. The van der Waals surface area contributed by atoms with Crippen LogP contribution in [-0.4, -0.2) is 42.3 Å². The van der Waals surface area contributed by atoms with Crippen LogP contribution in [0, 0.1) is 6.92 Å². The van der Waals surface area contributed by atoms with Gasteiger partial charge in [-0.1, -0.05) is 26.0 Å². The second-order valence-electron chi connectivity index (χ2n) is 4.89. The van der Waals surface area contributed by atoms with E-state index in [0.29, 0.717) is 26.1 Å². The molecule has 2 rings (SSSR count). The molecule has 0 amide bonds. The third kappa shape index (κ3) is 3.61. The SMILES string of the molecule is CCN(CC)S(=O)(=O)NCCc1nc2c(C)cccc2[nH]1. The molecule has 1 aromatic carbocycles. The average molecular weight is 310 g/mol. The Morgan fingerprint density at radius 1 is 1.29 bits per heavy atom. The van der Waals surface area contributed by atoms with Crippen molar-refractivity contribution >= 4 is 21.2 Å². The molecule has 0 saturated heterocycles. The van der Waals surface area contributed by atoms with Crippen LogP contribution >= 0.6 is 0 Å². The largest absolute Gasteiger partial charge is 0.342 e. The summed E-state index contributed by atoms with van der Waals surface area (Å²) in [6, 6.07) is 5.96. The molecule has 0 saturated carbocycles. The van der Waals surface area contributed by atoms with Crippen molar-refractivity contribution in [2.24, 2.45) is 0 Å². The smallest absolute Gasteiger partial charge is 0.279 e. The molecule has 0 aliphatic carbocycles. The van der Waals surface area contributed by atoms with Gasteiger partial charge >= 0.3 is 0 Å². The number of fused-ring (bicyclic) bond motifs is 1. The molecule has 0 bridgehead atoms. The number of aryl methyl sites for hydroxylation is 1. The molecule has 0 radical (unpaired) electrons. The van der Waals surface area contributed by atoms with Gasteiger partial charge in [0.2, 0.25) is 0 Å². The minimum atomic E-state index is -3.39. The first-order valence-electron chi connectivity index (χ1n) is 7.17. The van der Waals surface area contributed by atoms with Gasteiger partial charge in [0, 0.05) is 26.1 Å². The minimum absolute atomic E-state index is 0.331. The fourth-order valence-corrected chi connectivity index (χ4v) is 3.52. The van der Waals surface area contributed by atoms with E-state index in [1.54, 1.807) is 0 Å². The Morgan fingerprint density at radius 2 is 2.00 bits per heavy atom. The number of hydrogen-bond donors (Lipinski definition) is 2. The summed E-state index contributed by atoms with van der Waals surface area (Å²) in [6.45, 7) is 6.93. The van der Waals surface area contributed by atoms with Gasteiger partial charge < -0.3 is 4.98 Å². The highest BCUT2D eigenvalue weighted by Crippen LogP contribution is 2.15. The zero-order chi connectivity index (χ0) is 15.5. The monoisotopic (exact) mass is 310 g/mol. The summed E-state index contributed by atoms with van der Waals surface area (Å²) in [6.07, 6.45) is 0.536. The van der Waals surface area contributed by atoms with Crippen molar-refractivity contribution in [1.29, 1.82) is 0 Å². The average Bonchev–Trinajstić information content (AvgIpc) is 2.84. The summed E-state index contributed by atoms with van der Waals surface area (Å²) >= 11 is 0. The summed E-state index contributed by atoms with van der Waals surface area (Å²) in [7, 11) is -3.39. The number of benzene rings is 1. The van der Waals surface area contributed by atoms with Gasteiger partial charge in [0.05, 0.1) is 11.0 Å². The van der Waals surface area contributed by atoms with Crippen molar-refractivity contribution in [2.45, 2.75) is 27.2 Å². The number of imidazole rings is 1. The van der Waals surface area contributed by atoms with Gasteiger partial charge in [0.25, 0.3) is 10.2 Å². The molecular weight excluding hydrogens is 288 g/mol. The normalized spacial score (nSPS) is 12.4. The summed E-state index contributed by atoms with van der Waals surface area (Å²) in [5, 5.41) is 0. The van der Waals surface area contributed by atoms with Crippen LogP contribution in [0.4, 0.5) is 0 Å². The van der Waals surface area contributed by atoms with Gasteiger partial charge in [0.1, 0.15) is 5.82 Å². The van der Waals surface area contributed by atoms with Crippen molar-refractivity contribution in [3.63, 3.8) is 0 Å². The van der Waals surface area contributed by atoms with Crippen LogP contribution in [0.25, 0.3) is 11.0 Å². The van der Waals surface area contributed by atoms with Crippen molar-refractivity contribution in [3.8, 4) is 0 Å². The van der Waals surface area contributed by atoms with Crippen LogP contribution in [0.2, 0.25) is 0 Å². The topological polar surface area (TPSA) is 78.1 Å². The van der Waals surface area contributed by atoms with E-state index in [1.807, 2.05) is 39.0 Å². The third-order valence-electron chi connectivity index (χ3n) is 3.46. The lowest BCUT2D eigenvalue weighted by Crippen LogP contribution is -2.41. The summed E-state index contributed by atoms with van der Waals surface area (Å²) in [5.74, 6) is 0.793. The molecular formula is C14H22N4O2S. The molecule has 0 aliphatic rings. The van der Waals surface area contributed by atoms with Gasteiger partial charge in [-0.2, -0.15) is 12.7 Å². The van der Waals surface area contributed by atoms with Crippen LogP contribution in [0.1, 0.15) is 25.2 Å². The molecule has 21 heavy (non-hydrogen) atoms. The van der Waals surface area contributed by atoms with Crippen LogP contribution in [0.15, 0.2) is 18.2 Å². The molecule has 0 atom stereocenters. The first-order valence-corrected chi connectivity index (χ1v) is 8.61. The summed E-state index contributed by atoms with van der Waals surface area (Å²) in [5.41, 5.74) is 3.04. The predicted octanol–water partition coefficient (Wildman–Crippen LogP) is 1.59. The van der Waals surface area contributed by atoms with Gasteiger partial charge in [-0.25, -0.2) is 9.71 Å². The molecule has 0 fully saturated rings. The molecule has 0 spiro atoms. The first-order chi connectivity index (χ1) is 9.97. The fraction of sp³-hybridized carbons (Fsp3) is 0.500. The molecule has 0 aliphatic heterocycles. The van der Waals surface area contributed by atoms with Crippen molar-refractivity contribution < 1.29 is 8.42 Å². The van der Waals surface area contributed by atoms with Crippen LogP contribution < -0.4 is 4.72 Å². The van der Waals surface area contributed by atoms with Crippen LogP contribution in [0.3, 0.4) is 0 Å².